The molecule has 1 unspecified atom stereocenters. The summed E-state index contributed by atoms with van der Waals surface area (Å²) in [4.78, 5) is 16.9. The first-order valence-electron chi connectivity index (χ1n) is 9.26. The van der Waals surface area contributed by atoms with Crippen molar-refractivity contribution in [2.75, 3.05) is 11.9 Å². The molecule has 0 fully saturated rings. The lowest BCUT2D eigenvalue weighted by molar-refractivity contribution is -0.116. The number of hydrogen-bond acceptors (Lipinski definition) is 4. The molecule has 138 valence electrons. The van der Waals surface area contributed by atoms with Crippen LogP contribution in [0.3, 0.4) is 0 Å². The molecule has 1 atom stereocenters. The van der Waals surface area contributed by atoms with Gasteiger partial charge in [-0.15, -0.1) is 0 Å². The number of allylic oxidation sites excluding steroid dienone is 3. The van der Waals surface area contributed by atoms with Crippen LogP contribution in [0.15, 0.2) is 71.3 Å². The Hall–Kier alpha value is -2.95. The van der Waals surface area contributed by atoms with Crippen LogP contribution in [0.5, 0.6) is 0 Å². The average molecular weight is 363 g/mol. The first kappa shape index (κ1) is 17.5. The summed E-state index contributed by atoms with van der Waals surface area (Å²) < 4.78 is 14.7. The third-order valence-corrected chi connectivity index (χ3v) is 5.27. The molecule has 1 aromatic heterocycles. The number of ketones is 1. The molecular weight excluding hydrogens is 341 g/mol. The van der Waals surface area contributed by atoms with Crippen LogP contribution in [0.25, 0.3) is 0 Å². The maximum atomic E-state index is 14.7. The highest BCUT2D eigenvalue weighted by Crippen LogP contribution is 2.42. The van der Waals surface area contributed by atoms with Crippen LogP contribution in [0, 0.1) is 5.82 Å². The highest BCUT2D eigenvalue weighted by atomic mass is 19.1. The Morgan fingerprint density at radius 1 is 1.22 bits per heavy atom. The van der Waals surface area contributed by atoms with Gasteiger partial charge in [-0.3, -0.25) is 9.78 Å². The molecule has 4 rings (SSSR count). The standard InChI is InChI=1S/C22H22FN3O/c1-14-17(13-25-15-6-5-11-24-12-15)21(16-7-2-3-8-18(16)23)22-19(26-14)9-4-10-20(22)27/h2-3,5-8,11-12,21,25-26H,4,9-10,13H2,1H3. The minimum atomic E-state index is -0.362. The van der Waals surface area contributed by atoms with Gasteiger partial charge in [0.15, 0.2) is 5.78 Å². The van der Waals surface area contributed by atoms with Gasteiger partial charge in [0.1, 0.15) is 5.82 Å². The quantitative estimate of drug-likeness (QED) is 0.850. The van der Waals surface area contributed by atoms with E-state index in [4.69, 9.17) is 0 Å². The van der Waals surface area contributed by atoms with E-state index in [9.17, 15) is 9.18 Å². The number of carbonyl (C=O) groups is 1. The second kappa shape index (κ2) is 7.35. The maximum absolute atomic E-state index is 14.7. The third kappa shape index (κ3) is 3.37. The smallest absolute Gasteiger partial charge is 0.161 e. The Labute approximate surface area is 158 Å². The highest BCUT2D eigenvalue weighted by Gasteiger charge is 2.36. The van der Waals surface area contributed by atoms with Crippen molar-refractivity contribution in [3.8, 4) is 0 Å². The summed E-state index contributed by atoms with van der Waals surface area (Å²) in [5.74, 6) is -0.524. The molecular formula is C22H22FN3O. The largest absolute Gasteiger partial charge is 0.380 e. The van der Waals surface area contributed by atoms with E-state index in [2.05, 4.69) is 15.6 Å². The molecule has 2 aromatic rings. The first-order valence-corrected chi connectivity index (χ1v) is 9.26. The van der Waals surface area contributed by atoms with E-state index < -0.39 is 0 Å². The molecule has 2 aliphatic rings. The molecule has 0 saturated carbocycles. The van der Waals surface area contributed by atoms with Crippen LogP contribution in [0.4, 0.5) is 10.1 Å². The van der Waals surface area contributed by atoms with E-state index >= 15 is 0 Å². The molecule has 0 bridgehead atoms. The minimum Gasteiger partial charge on any atom is -0.380 e. The zero-order valence-corrected chi connectivity index (χ0v) is 15.3. The number of pyridine rings is 1. The molecule has 4 nitrogen and oxygen atoms in total. The van der Waals surface area contributed by atoms with Crippen LogP contribution in [0.1, 0.15) is 37.7 Å². The van der Waals surface area contributed by atoms with Crippen LogP contribution in [-0.2, 0) is 4.79 Å². The molecule has 1 aliphatic heterocycles. The Morgan fingerprint density at radius 3 is 2.85 bits per heavy atom. The van der Waals surface area contributed by atoms with Crippen LogP contribution >= 0.6 is 0 Å². The van der Waals surface area contributed by atoms with Gasteiger partial charge in [0.25, 0.3) is 0 Å². The first-order chi connectivity index (χ1) is 13.1. The number of dihydropyridines is 1. The number of Topliss-reactive ketones (excluding diaryl/α,β-unsaturated/α-hetero) is 1. The van der Waals surface area contributed by atoms with Crippen LogP contribution < -0.4 is 10.6 Å². The van der Waals surface area contributed by atoms with Crippen molar-refractivity contribution < 1.29 is 9.18 Å². The Balaban J connectivity index is 1.75. The maximum Gasteiger partial charge on any atom is 0.161 e. The molecule has 1 aromatic carbocycles. The molecule has 0 amide bonds. The van der Waals surface area contributed by atoms with E-state index in [1.807, 2.05) is 25.1 Å². The lowest BCUT2D eigenvalue weighted by atomic mass is 9.75. The summed E-state index contributed by atoms with van der Waals surface area (Å²) in [6.07, 6.45) is 5.66. The van der Waals surface area contributed by atoms with E-state index in [0.717, 1.165) is 41.1 Å². The van der Waals surface area contributed by atoms with E-state index in [0.29, 0.717) is 18.5 Å². The van der Waals surface area contributed by atoms with Crippen molar-refractivity contribution >= 4 is 11.5 Å². The molecule has 0 saturated heterocycles. The number of halogens is 1. The van der Waals surface area contributed by atoms with Gasteiger partial charge in [0.05, 0.1) is 5.69 Å². The van der Waals surface area contributed by atoms with Crippen LogP contribution in [-0.4, -0.2) is 17.3 Å². The van der Waals surface area contributed by atoms with Crippen molar-refractivity contribution in [2.45, 2.75) is 32.1 Å². The second-order valence-corrected chi connectivity index (χ2v) is 6.99. The Kier molecular flexibility index (Phi) is 4.75. The zero-order valence-electron chi connectivity index (χ0n) is 15.3. The summed E-state index contributed by atoms with van der Waals surface area (Å²) in [7, 11) is 0. The SMILES string of the molecule is CC1=C(CNc2cccnc2)C(c2ccccc2F)C2=C(CCCC2=O)N1. The minimum absolute atomic E-state index is 0.114. The topological polar surface area (TPSA) is 54.0 Å². The van der Waals surface area contributed by atoms with Gasteiger partial charge in [-0.1, -0.05) is 18.2 Å². The zero-order chi connectivity index (χ0) is 18.8. The van der Waals surface area contributed by atoms with Crippen molar-refractivity contribution in [2.24, 2.45) is 0 Å². The van der Waals surface area contributed by atoms with Crippen molar-refractivity contribution in [1.82, 2.24) is 10.3 Å². The van der Waals surface area contributed by atoms with Crippen LogP contribution in [0.2, 0.25) is 0 Å². The van der Waals surface area contributed by atoms with Crippen molar-refractivity contribution in [3.63, 3.8) is 0 Å². The fourth-order valence-electron chi connectivity index (χ4n) is 3.98. The number of nitrogens with zero attached hydrogens (tertiary/aromatic N) is 1. The molecule has 1 aliphatic carbocycles. The van der Waals surface area contributed by atoms with Crippen molar-refractivity contribution in [3.05, 3.63) is 82.7 Å². The molecule has 2 heterocycles. The number of carbonyl (C=O) groups excluding carboxylic acids is 1. The summed E-state index contributed by atoms with van der Waals surface area (Å²) in [5.41, 5.74) is 5.08. The molecule has 5 heteroatoms. The van der Waals surface area contributed by atoms with E-state index in [1.54, 1.807) is 24.5 Å². The molecule has 27 heavy (non-hydrogen) atoms. The number of aromatic nitrogens is 1. The van der Waals surface area contributed by atoms with Gasteiger partial charge < -0.3 is 10.6 Å². The van der Waals surface area contributed by atoms with Gasteiger partial charge in [-0.05, 0) is 49.1 Å². The molecule has 0 spiro atoms. The third-order valence-electron chi connectivity index (χ3n) is 5.27. The lowest BCUT2D eigenvalue weighted by Gasteiger charge is -2.35. The molecule has 0 radical (unpaired) electrons. The van der Waals surface area contributed by atoms with Crippen molar-refractivity contribution in [1.29, 1.82) is 0 Å². The fourth-order valence-corrected chi connectivity index (χ4v) is 3.98. The predicted octanol–water partition coefficient (Wildman–Crippen LogP) is 4.30. The van der Waals surface area contributed by atoms with E-state index in [1.165, 1.54) is 6.07 Å². The second-order valence-electron chi connectivity index (χ2n) is 6.99. The number of nitrogens with one attached hydrogen (secondary N) is 2. The number of hydrogen-bond donors (Lipinski definition) is 2. The monoisotopic (exact) mass is 363 g/mol. The average Bonchev–Trinajstić information content (AvgIpc) is 2.68. The summed E-state index contributed by atoms with van der Waals surface area (Å²) in [6, 6.07) is 10.6. The van der Waals surface area contributed by atoms with Gasteiger partial charge in [-0.25, -0.2) is 4.39 Å². The Bertz CT molecular complexity index is 934. The molecule has 2 N–H and O–H groups in total. The highest BCUT2D eigenvalue weighted by molar-refractivity contribution is 5.99. The van der Waals surface area contributed by atoms with Gasteiger partial charge in [0, 0.05) is 48.2 Å². The van der Waals surface area contributed by atoms with Gasteiger partial charge in [0.2, 0.25) is 0 Å². The van der Waals surface area contributed by atoms with Gasteiger partial charge >= 0.3 is 0 Å². The number of rotatable bonds is 4. The Morgan fingerprint density at radius 2 is 2.07 bits per heavy atom. The number of benzene rings is 1. The predicted molar refractivity (Wildman–Crippen MR) is 104 cm³/mol. The summed E-state index contributed by atoms with van der Waals surface area (Å²) in [5, 5.41) is 6.77. The van der Waals surface area contributed by atoms with E-state index in [-0.39, 0.29) is 17.5 Å². The normalized spacial score (nSPS) is 19.6. The van der Waals surface area contributed by atoms with Gasteiger partial charge in [-0.2, -0.15) is 0 Å². The summed E-state index contributed by atoms with van der Waals surface area (Å²) >= 11 is 0. The summed E-state index contributed by atoms with van der Waals surface area (Å²) in [6.45, 7) is 2.50. The fraction of sp³-hybridized carbons (Fsp3) is 0.273. The number of anilines is 1. The lowest BCUT2D eigenvalue weighted by Crippen LogP contribution is -2.33.